The SMILES string of the molecule is CC(=O)OCc1ccc(C=C(C#N)S(=O)(=O)c2ccccn2)o1. The smallest absolute Gasteiger partial charge is 0.303 e. The maximum absolute atomic E-state index is 12.3. The van der Waals surface area contributed by atoms with Crippen molar-refractivity contribution in [3.05, 3.63) is 53.0 Å². The zero-order chi connectivity index (χ0) is 16.9. The largest absolute Gasteiger partial charge is 0.458 e. The van der Waals surface area contributed by atoms with E-state index in [2.05, 4.69) is 4.98 Å². The molecule has 0 aliphatic heterocycles. The number of aromatic nitrogens is 1. The van der Waals surface area contributed by atoms with E-state index in [1.165, 1.54) is 37.4 Å². The minimum atomic E-state index is -4.02. The molecule has 0 spiro atoms. The Balaban J connectivity index is 2.29. The number of nitriles is 1. The molecule has 8 heteroatoms. The van der Waals surface area contributed by atoms with E-state index < -0.39 is 20.7 Å². The van der Waals surface area contributed by atoms with Gasteiger partial charge in [-0.15, -0.1) is 0 Å². The molecule has 0 bridgehead atoms. The van der Waals surface area contributed by atoms with Crippen molar-refractivity contribution in [3.63, 3.8) is 0 Å². The number of nitrogens with zero attached hydrogens (tertiary/aromatic N) is 2. The molecule has 0 aromatic carbocycles. The van der Waals surface area contributed by atoms with Gasteiger partial charge < -0.3 is 9.15 Å². The zero-order valence-electron chi connectivity index (χ0n) is 12.1. The number of ether oxygens (including phenoxy) is 1. The quantitative estimate of drug-likeness (QED) is 0.609. The highest BCUT2D eigenvalue weighted by Gasteiger charge is 2.22. The molecule has 0 atom stereocenters. The van der Waals surface area contributed by atoms with Gasteiger partial charge >= 0.3 is 5.97 Å². The van der Waals surface area contributed by atoms with Crippen molar-refractivity contribution in [1.82, 2.24) is 4.98 Å². The first-order valence-corrected chi connectivity index (χ1v) is 7.92. The van der Waals surface area contributed by atoms with Gasteiger partial charge in [-0.1, -0.05) is 6.07 Å². The predicted octanol–water partition coefficient (Wildman–Crippen LogP) is 2.08. The van der Waals surface area contributed by atoms with Gasteiger partial charge in [0.2, 0.25) is 9.84 Å². The van der Waals surface area contributed by atoms with E-state index in [-0.39, 0.29) is 17.4 Å². The standard InChI is InChI=1S/C15H12N2O5S/c1-11(18)21-10-13-6-5-12(22-13)8-14(9-16)23(19,20)15-4-2-3-7-17-15/h2-8H,10H2,1H3. The van der Waals surface area contributed by atoms with Crippen molar-refractivity contribution in [2.75, 3.05) is 0 Å². The second-order valence-electron chi connectivity index (χ2n) is 4.38. The lowest BCUT2D eigenvalue weighted by atomic mass is 10.4. The number of hydrogen-bond acceptors (Lipinski definition) is 7. The number of carbonyl (C=O) groups is 1. The van der Waals surface area contributed by atoms with Crippen LogP contribution in [0.4, 0.5) is 0 Å². The third-order valence-electron chi connectivity index (χ3n) is 2.69. The Labute approximate surface area is 132 Å². The normalized spacial score (nSPS) is 11.7. The highest BCUT2D eigenvalue weighted by molar-refractivity contribution is 7.95. The molecular formula is C15H12N2O5S. The molecule has 118 valence electrons. The zero-order valence-corrected chi connectivity index (χ0v) is 12.9. The van der Waals surface area contributed by atoms with Crippen LogP contribution in [0.15, 0.2) is 50.9 Å². The molecule has 0 saturated carbocycles. The maximum Gasteiger partial charge on any atom is 0.303 e. The molecule has 0 aliphatic rings. The Hall–Kier alpha value is -2.92. The number of allylic oxidation sites excluding steroid dienone is 1. The van der Waals surface area contributed by atoms with Crippen LogP contribution in [0.5, 0.6) is 0 Å². The number of esters is 1. The lowest BCUT2D eigenvalue weighted by Gasteiger charge is -2.01. The van der Waals surface area contributed by atoms with Crippen molar-refractivity contribution in [2.24, 2.45) is 0 Å². The minimum absolute atomic E-state index is 0.0714. The Morgan fingerprint density at radius 2 is 2.17 bits per heavy atom. The fraction of sp³-hybridized carbons (Fsp3) is 0.133. The summed E-state index contributed by atoms with van der Waals surface area (Å²) in [7, 11) is -4.02. The highest BCUT2D eigenvalue weighted by atomic mass is 32.2. The van der Waals surface area contributed by atoms with Crippen molar-refractivity contribution >= 4 is 21.9 Å². The van der Waals surface area contributed by atoms with Gasteiger partial charge in [0.15, 0.2) is 9.93 Å². The minimum Gasteiger partial charge on any atom is -0.458 e. The number of furan rings is 1. The number of pyridine rings is 1. The first kappa shape index (κ1) is 16.5. The van der Waals surface area contributed by atoms with Crippen molar-refractivity contribution in [2.45, 2.75) is 18.6 Å². The molecule has 2 rings (SSSR count). The van der Waals surface area contributed by atoms with Gasteiger partial charge in [0.25, 0.3) is 0 Å². The fourth-order valence-corrected chi connectivity index (χ4v) is 2.71. The Morgan fingerprint density at radius 3 is 2.78 bits per heavy atom. The maximum atomic E-state index is 12.3. The van der Waals surface area contributed by atoms with E-state index in [1.807, 2.05) is 0 Å². The van der Waals surface area contributed by atoms with Crippen LogP contribution < -0.4 is 0 Å². The fourth-order valence-electron chi connectivity index (χ4n) is 1.64. The second-order valence-corrected chi connectivity index (χ2v) is 6.24. The summed E-state index contributed by atoms with van der Waals surface area (Å²) in [5.41, 5.74) is 0. The summed E-state index contributed by atoms with van der Waals surface area (Å²) in [6, 6.07) is 9.02. The molecule has 0 amide bonds. The number of carbonyl (C=O) groups excluding carboxylic acids is 1. The Morgan fingerprint density at radius 1 is 1.39 bits per heavy atom. The van der Waals surface area contributed by atoms with Crippen LogP contribution in [-0.4, -0.2) is 19.4 Å². The first-order chi connectivity index (χ1) is 10.9. The van der Waals surface area contributed by atoms with Crippen molar-refractivity contribution in [3.8, 4) is 6.07 Å². The molecule has 7 nitrogen and oxygen atoms in total. The summed E-state index contributed by atoms with van der Waals surface area (Å²) in [4.78, 5) is 14.0. The van der Waals surface area contributed by atoms with Crippen LogP contribution in [0.2, 0.25) is 0 Å². The van der Waals surface area contributed by atoms with Crippen molar-refractivity contribution < 1.29 is 22.4 Å². The summed E-state index contributed by atoms with van der Waals surface area (Å²) < 4.78 is 34.7. The van der Waals surface area contributed by atoms with Crippen molar-refractivity contribution in [1.29, 1.82) is 5.26 Å². The lowest BCUT2D eigenvalue weighted by molar-refractivity contribution is -0.142. The molecule has 2 aromatic rings. The van der Waals surface area contributed by atoms with E-state index in [9.17, 15) is 13.2 Å². The second kappa shape index (κ2) is 6.89. The van der Waals surface area contributed by atoms with Gasteiger partial charge in [0.05, 0.1) is 0 Å². The summed E-state index contributed by atoms with van der Waals surface area (Å²) in [6.07, 6.45) is 2.42. The van der Waals surface area contributed by atoms with Gasteiger partial charge in [-0.3, -0.25) is 4.79 Å². The number of hydrogen-bond donors (Lipinski definition) is 0. The first-order valence-electron chi connectivity index (χ1n) is 6.43. The van der Waals surface area contributed by atoms with Gasteiger partial charge in [0.1, 0.15) is 24.2 Å². The topological polar surface area (TPSA) is 110 Å². The van der Waals surface area contributed by atoms with E-state index in [4.69, 9.17) is 14.4 Å². The summed E-state index contributed by atoms with van der Waals surface area (Å²) in [5, 5.41) is 8.91. The summed E-state index contributed by atoms with van der Waals surface area (Å²) in [6.45, 7) is 1.19. The van der Waals surface area contributed by atoms with Crippen LogP contribution >= 0.6 is 0 Å². The number of rotatable bonds is 5. The average molecular weight is 332 g/mol. The molecule has 2 aromatic heterocycles. The van der Waals surface area contributed by atoms with Gasteiger partial charge in [-0.25, -0.2) is 13.4 Å². The van der Waals surface area contributed by atoms with Crippen LogP contribution in [-0.2, 0) is 26.0 Å². The molecular weight excluding hydrogens is 320 g/mol. The molecule has 0 saturated heterocycles. The van der Waals surface area contributed by atoms with E-state index in [0.717, 1.165) is 6.08 Å². The van der Waals surface area contributed by atoms with Gasteiger partial charge in [0, 0.05) is 19.2 Å². The summed E-state index contributed by atoms with van der Waals surface area (Å²) in [5.74, 6) is 0.0242. The molecule has 2 heterocycles. The average Bonchev–Trinajstić information content (AvgIpc) is 2.99. The molecule has 0 radical (unpaired) electrons. The number of sulfone groups is 1. The monoisotopic (exact) mass is 332 g/mol. The van der Waals surface area contributed by atoms with Crippen LogP contribution in [0.1, 0.15) is 18.4 Å². The molecule has 0 unspecified atom stereocenters. The third-order valence-corrected chi connectivity index (χ3v) is 4.27. The molecule has 0 fully saturated rings. The highest BCUT2D eigenvalue weighted by Crippen LogP contribution is 2.20. The third kappa shape index (κ3) is 4.05. The van der Waals surface area contributed by atoms with E-state index in [1.54, 1.807) is 12.1 Å². The molecule has 23 heavy (non-hydrogen) atoms. The van der Waals surface area contributed by atoms with Crippen LogP contribution in [0, 0.1) is 11.3 Å². The molecule has 0 aliphatic carbocycles. The predicted molar refractivity (Wildman–Crippen MR) is 79.2 cm³/mol. The van der Waals surface area contributed by atoms with E-state index >= 15 is 0 Å². The lowest BCUT2D eigenvalue weighted by Crippen LogP contribution is -2.05. The van der Waals surface area contributed by atoms with Gasteiger partial charge in [-0.2, -0.15) is 5.26 Å². The van der Waals surface area contributed by atoms with Crippen LogP contribution in [0.25, 0.3) is 6.08 Å². The molecule has 0 N–H and O–H groups in total. The Bertz CT molecular complexity index is 876. The Kier molecular flexibility index (Phi) is 4.93. The van der Waals surface area contributed by atoms with E-state index in [0.29, 0.717) is 5.76 Å². The van der Waals surface area contributed by atoms with Gasteiger partial charge in [-0.05, 0) is 24.3 Å². The van der Waals surface area contributed by atoms with Crippen LogP contribution in [0.3, 0.4) is 0 Å². The summed E-state index contributed by atoms with van der Waals surface area (Å²) >= 11 is 0.